The lowest BCUT2D eigenvalue weighted by molar-refractivity contribution is 0.266. The Bertz CT molecular complexity index is 346. The first-order valence-corrected chi connectivity index (χ1v) is 5.55. The molecule has 3 nitrogen and oxygen atoms in total. The Morgan fingerprint density at radius 3 is 2.53 bits per heavy atom. The molecule has 1 fully saturated rings. The van der Waals surface area contributed by atoms with Crippen molar-refractivity contribution in [2.45, 2.75) is 6.92 Å². The van der Waals surface area contributed by atoms with Crippen molar-refractivity contribution in [2.75, 3.05) is 31.1 Å². The zero-order chi connectivity index (χ0) is 10.8. The van der Waals surface area contributed by atoms with E-state index in [0.717, 1.165) is 31.2 Å². The summed E-state index contributed by atoms with van der Waals surface area (Å²) in [5.41, 5.74) is 2.50. The van der Waals surface area contributed by atoms with Gasteiger partial charge in [-0.15, -0.1) is 0 Å². The van der Waals surface area contributed by atoms with Crippen molar-refractivity contribution in [3.8, 4) is 0 Å². The quantitative estimate of drug-likeness (QED) is 0.738. The molecule has 0 amide bonds. The number of rotatable bonds is 1. The normalized spacial score (nSPS) is 18.2. The summed E-state index contributed by atoms with van der Waals surface area (Å²) in [6.07, 6.45) is 0. The Morgan fingerprint density at radius 1 is 1.20 bits per heavy atom. The van der Waals surface area contributed by atoms with Crippen LogP contribution in [0.4, 0.5) is 5.69 Å². The van der Waals surface area contributed by atoms with Gasteiger partial charge in [-0.1, -0.05) is 17.7 Å². The van der Waals surface area contributed by atoms with Gasteiger partial charge in [-0.3, -0.25) is 5.84 Å². The highest BCUT2D eigenvalue weighted by Crippen LogP contribution is 2.24. The molecule has 1 heterocycles. The number of nitrogens with two attached hydrogens (primary N) is 1. The third-order valence-electron chi connectivity index (χ3n) is 2.83. The summed E-state index contributed by atoms with van der Waals surface area (Å²) in [6.45, 7) is 5.87. The molecule has 0 aliphatic carbocycles. The summed E-state index contributed by atoms with van der Waals surface area (Å²) in [4.78, 5) is 2.34. The Hall–Kier alpha value is -0.770. The largest absolute Gasteiger partial charge is 0.369 e. The zero-order valence-corrected chi connectivity index (χ0v) is 9.67. The van der Waals surface area contributed by atoms with Crippen LogP contribution in [0.3, 0.4) is 0 Å². The second kappa shape index (κ2) is 4.39. The highest BCUT2D eigenvalue weighted by molar-refractivity contribution is 6.30. The van der Waals surface area contributed by atoms with E-state index in [0.29, 0.717) is 0 Å². The molecule has 1 aliphatic heterocycles. The third kappa shape index (κ3) is 2.43. The van der Waals surface area contributed by atoms with Gasteiger partial charge in [0.1, 0.15) is 0 Å². The van der Waals surface area contributed by atoms with Gasteiger partial charge in [-0.05, 0) is 24.6 Å². The number of hydrogen-bond donors (Lipinski definition) is 1. The number of nitrogens with zero attached hydrogens (tertiary/aromatic N) is 2. The number of halogens is 1. The predicted octanol–water partition coefficient (Wildman–Crippen LogP) is 1.64. The Kier molecular flexibility index (Phi) is 3.14. The molecule has 1 aromatic carbocycles. The van der Waals surface area contributed by atoms with Crippen molar-refractivity contribution in [3.63, 3.8) is 0 Å². The number of piperazine rings is 1. The highest BCUT2D eigenvalue weighted by Gasteiger charge is 2.16. The van der Waals surface area contributed by atoms with E-state index >= 15 is 0 Å². The number of aryl methyl sites for hydroxylation is 1. The SMILES string of the molecule is Cc1ccc(Cl)cc1N1CCN(N)CC1. The van der Waals surface area contributed by atoms with Crippen LogP contribution in [0, 0.1) is 6.92 Å². The van der Waals surface area contributed by atoms with Gasteiger partial charge in [0.15, 0.2) is 0 Å². The standard InChI is InChI=1S/C11H16ClN3/c1-9-2-3-10(12)8-11(9)14-4-6-15(13)7-5-14/h2-3,8H,4-7,13H2,1H3. The molecule has 0 unspecified atom stereocenters. The lowest BCUT2D eigenvalue weighted by Crippen LogP contribution is -2.49. The number of hydrogen-bond acceptors (Lipinski definition) is 3. The minimum atomic E-state index is 0.797. The van der Waals surface area contributed by atoms with Crippen LogP contribution in [0.5, 0.6) is 0 Å². The molecule has 0 saturated carbocycles. The average Bonchev–Trinajstić information content (AvgIpc) is 2.23. The van der Waals surface area contributed by atoms with Crippen molar-refractivity contribution < 1.29 is 0 Å². The monoisotopic (exact) mass is 225 g/mol. The molecular weight excluding hydrogens is 210 g/mol. The van der Waals surface area contributed by atoms with Gasteiger partial charge < -0.3 is 4.90 Å². The maximum Gasteiger partial charge on any atom is 0.0426 e. The molecule has 2 rings (SSSR count). The van der Waals surface area contributed by atoms with E-state index in [1.165, 1.54) is 11.3 Å². The fraction of sp³-hybridized carbons (Fsp3) is 0.455. The van der Waals surface area contributed by atoms with Crippen molar-refractivity contribution in [3.05, 3.63) is 28.8 Å². The maximum atomic E-state index is 6.00. The van der Waals surface area contributed by atoms with Crippen molar-refractivity contribution >= 4 is 17.3 Å². The lowest BCUT2D eigenvalue weighted by atomic mass is 10.1. The van der Waals surface area contributed by atoms with E-state index < -0.39 is 0 Å². The zero-order valence-electron chi connectivity index (χ0n) is 8.91. The first kappa shape index (κ1) is 10.7. The summed E-state index contributed by atoms with van der Waals surface area (Å²) >= 11 is 6.00. The molecule has 0 atom stereocenters. The maximum absolute atomic E-state index is 6.00. The van der Waals surface area contributed by atoms with Crippen molar-refractivity contribution in [2.24, 2.45) is 5.84 Å². The highest BCUT2D eigenvalue weighted by atomic mass is 35.5. The Morgan fingerprint density at radius 2 is 1.87 bits per heavy atom. The van der Waals surface area contributed by atoms with E-state index in [-0.39, 0.29) is 0 Å². The summed E-state index contributed by atoms with van der Waals surface area (Å²) in [6, 6.07) is 6.02. The summed E-state index contributed by atoms with van der Waals surface area (Å²) in [5, 5.41) is 2.65. The Labute approximate surface area is 95.4 Å². The van der Waals surface area contributed by atoms with Gasteiger partial charge in [0.05, 0.1) is 0 Å². The minimum Gasteiger partial charge on any atom is -0.369 e. The molecule has 1 aromatic rings. The molecule has 2 N–H and O–H groups in total. The summed E-state index contributed by atoms with van der Waals surface area (Å²) in [5.74, 6) is 5.72. The molecule has 0 spiro atoms. The average molecular weight is 226 g/mol. The molecule has 1 aliphatic rings. The van der Waals surface area contributed by atoms with Crippen LogP contribution in [0.2, 0.25) is 5.02 Å². The third-order valence-corrected chi connectivity index (χ3v) is 3.06. The van der Waals surface area contributed by atoms with Crippen LogP contribution in [0.25, 0.3) is 0 Å². The summed E-state index contributed by atoms with van der Waals surface area (Å²) < 4.78 is 0. The minimum absolute atomic E-state index is 0.797. The second-order valence-corrected chi connectivity index (χ2v) is 4.39. The molecule has 1 saturated heterocycles. The van der Waals surface area contributed by atoms with Crippen LogP contribution in [0.15, 0.2) is 18.2 Å². The topological polar surface area (TPSA) is 32.5 Å². The van der Waals surface area contributed by atoms with Gasteiger partial charge in [0, 0.05) is 36.9 Å². The summed E-state index contributed by atoms with van der Waals surface area (Å²) in [7, 11) is 0. The van der Waals surface area contributed by atoms with E-state index in [9.17, 15) is 0 Å². The van der Waals surface area contributed by atoms with Crippen molar-refractivity contribution in [1.29, 1.82) is 0 Å². The van der Waals surface area contributed by atoms with E-state index in [2.05, 4.69) is 17.9 Å². The van der Waals surface area contributed by atoms with Gasteiger partial charge >= 0.3 is 0 Å². The molecule has 15 heavy (non-hydrogen) atoms. The second-order valence-electron chi connectivity index (χ2n) is 3.95. The number of hydrazine groups is 1. The van der Waals surface area contributed by atoms with Gasteiger partial charge in [-0.2, -0.15) is 0 Å². The smallest absolute Gasteiger partial charge is 0.0426 e. The number of benzene rings is 1. The molecule has 0 bridgehead atoms. The molecule has 82 valence electrons. The molecule has 4 heteroatoms. The van der Waals surface area contributed by atoms with Gasteiger partial charge in [0.25, 0.3) is 0 Å². The fourth-order valence-electron chi connectivity index (χ4n) is 1.89. The molecule has 0 radical (unpaired) electrons. The first-order valence-electron chi connectivity index (χ1n) is 5.17. The van der Waals surface area contributed by atoms with E-state index in [1.807, 2.05) is 17.1 Å². The number of anilines is 1. The van der Waals surface area contributed by atoms with Crippen LogP contribution in [-0.2, 0) is 0 Å². The fourth-order valence-corrected chi connectivity index (χ4v) is 2.05. The molecular formula is C11H16ClN3. The predicted molar refractivity (Wildman–Crippen MR) is 64.2 cm³/mol. The van der Waals surface area contributed by atoms with Crippen LogP contribution < -0.4 is 10.7 Å². The van der Waals surface area contributed by atoms with Crippen molar-refractivity contribution in [1.82, 2.24) is 5.01 Å². The van der Waals surface area contributed by atoms with Crippen LogP contribution >= 0.6 is 11.6 Å². The van der Waals surface area contributed by atoms with Crippen LogP contribution in [-0.4, -0.2) is 31.2 Å². The Balaban J connectivity index is 2.18. The lowest BCUT2D eigenvalue weighted by Gasteiger charge is -2.34. The van der Waals surface area contributed by atoms with Crippen LogP contribution in [0.1, 0.15) is 5.56 Å². The van der Waals surface area contributed by atoms with E-state index in [4.69, 9.17) is 17.4 Å². The van der Waals surface area contributed by atoms with Gasteiger partial charge in [0.2, 0.25) is 0 Å². The molecule has 0 aromatic heterocycles. The van der Waals surface area contributed by atoms with E-state index in [1.54, 1.807) is 0 Å². The first-order chi connectivity index (χ1) is 7.16. The van der Waals surface area contributed by atoms with Gasteiger partial charge in [-0.25, -0.2) is 5.01 Å².